The lowest BCUT2D eigenvalue weighted by molar-refractivity contribution is 0.314. The van der Waals surface area contributed by atoms with Crippen molar-refractivity contribution in [3.63, 3.8) is 0 Å². The Morgan fingerprint density at radius 1 is 1.22 bits per heavy atom. The minimum atomic E-state index is 0.695. The molecule has 0 amide bonds. The number of halogens is 1. The molecule has 0 spiro atoms. The van der Waals surface area contributed by atoms with Gasteiger partial charge in [-0.1, -0.05) is 22.0 Å². The molecular weight excluding hydrogens is 310 g/mol. The first-order valence-corrected chi connectivity index (χ1v) is 7.68. The summed E-state index contributed by atoms with van der Waals surface area (Å²) in [5.74, 6) is 0.906. The van der Waals surface area contributed by atoms with Gasteiger partial charge in [0.1, 0.15) is 12.4 Å². The standard InChI is InChI=1S/C14H16BrNOS/c15-13-2-1-3-14(10-13)17-8-7-16-6-4-12-5-9-18-11-12/h1-3,5,9-11,16H,4,6-8H2. The van der Waals surface area contributed by atoms with Gasteiger partial charge in [0.05, 0.1) is 0 Å². The van der Waals surface area contributed by atoms with Crippen LogP contribution in [0.25, 0.3) is 0 Å². The van der Waals surface area contributed by atoms with Crippen LogP contribution in [0.15, 0.2) is 45.6 Å². The summed E-state index contributed by atoms with van der Waals surface area (Å²) in [5.41, 5.74) is 1.40. The normalized spacial score (nSPS) is 10.5. The quantitative estimate of drug-likeness (QED) is 0.783. The van der Waals surface area contributed by atoms with Crippen molar-refractivity contribution in [3.05, 3.63) is 51.1 Å². The van der Waals surface area contributed by atoms with Crippen molar-refractivity contribution in [1.29, 1.82) is 0 Å². The van der Waals surface area contributed by atoms with Crippen LogP contribution in [-0.4, -0.2) is 19.7 Å². The molecule has 1 N–H and O–H groups in total. The van der Waals surface area contributed by atoms with Crippen molar-refractivity contribution < 1.29 is 4.74 Å². The molecule has 4 heteroatoms. The van der Waals surface area contributed by atoms with Crippen molar-refractivity contribution >= 4 is 27.3 Å². The molecule has 0 bridgehead atoms. The number of hydrogen-bond donors (Lipinski definition) is 1. The number of benzene rings is 1. The minimum absolute atomic E-state index is 0.695. The molecule has 0 atom stereocenters. The molecule has 0 aliphatic rings. The number of nitrogens with one attached hydrogen (secondary N) is 1. The second-order valence-corrected chi connectivity index (χ2v) is 5.63. The van der Waals surface area contributed by atoms with E-state index >= 15 is 0 Å². The van der Waals surface area contributed by atoms with Crippen LogP contribution in [0, 0.1) is 0 Å². The van der Waals surface area contributed by atoms with E-state index in [-0.39, 0.29) is 0 Å². The van der Waals surface area contributed by atoms with Crippen molar-refractivity contribution in [2.24, 2.45) is 0 Å². The molecule has 0 saturated heterocycles. The molecule has 1 heterocycles. The third-order valence-electron chi connectivity index (χ3n) is 2.51. The molecule has 2 rings (SSSR count). The Bertz CT molecular complexity index is 459. The third-order valence-corrected chi connectivity index (χ3v) is 3.74. The van der Waals surface area contributed by atoms with Crippen LogP contribution in [0.3, 0.4) is 0 Å². The zero-order chi connectivity index (χ0) is 12.6. The summed E-state index contributed by atoms with van der Waals surface area (Å²) in [6.45, 7) is 2.56. The lowest BCUT2D eigenvalue weighted by Crippen LogP contribution is -2.23. The fraction of sp³-hybridized carbons (Fsp3) is 0.286. The van der Waals surface area contributed by atoms with Gasteiger partial charge in [-0.05, 0) is 53.6 Å². The fourth-order valence-corrected chi connectivity index (χ4v) is 2.67. The third kappa shape index (κ3) is 4.80. The second kappa shape index (κ2) is 7.56. The number of ether oxygens (including phenoxy) is 1. The van der Waals surface area contributed by atoms with E-state index in [4.69, 9.17) is 4.74 Å². The van der Waals surface area contributed by atoms with Crippen LogP contribution in [-0.2, 0) is 6.42 Å². The maximum Gasteiger partial charge on any atom is 0.120 e. The lowest BCUT2D eigenvalue weighted by atomic mass is 10.2. The lowest BCUT2D eigenvalue weighted by Gasteiger charge is -2.07. The second-order valence-electron chi connectivity index (χ2n) is 3.94. The van der Waals surface area contributed by atoms with E-state index in [2.05, 4.69) is 38.1 Å². The van der Waals surface area contributed by atoms with Gasteiger partial charge in [0.15, 0.2) is 0 Å². The van der Waals surface area contributed by atoms with E-state index in [0.717, 1.165) is 29.7 Å². The Morgan fingerprint density at radius 3 is 2.94 bits per heavy atom. The zero-order valence-corrected chi connectivity index (χ0v) is 12.5. The predicted molar refractivity (Wildman–Crippen MR) is 80.5 cm³/mol. The summed E-state index contributed by atoms with van der Waals surface area (Å²) in [5, 5.41) is 7.69. The number of thiophene rings is 1. The van der Waals surface area contributed by atoms with Crippen LogP contribution in [0.4, 0.5) is 0 Å². The predicted octanol–water partition coefficient (Wildman–Crippen LogP) is 3.72. The van der Waals surface area contributed by atoms with Gasteiger partial charge in [0.25, 0.3) is 0 Å². The van der Waals surface area contributed by atoms with E-state index in [1.165, 1.54) is 5.56 Å². The van der Waals surface area contributed by atoms with Gasteiger partial charge in [-0.2, -0.15) is 11.3 Å². The minimum Gasteiger partial charge on any atom is -0.492 e. The molecule has 18 heavy (non-hydrogen) atoms. The molecule has 0 unspecified atom stereocenters. The zero-order valence-electron chi connectivity index (χ0n) is 10.1. The van der Waals surface area contributed by atoms with Gasteiger partial charge < -0.3 is 10.1 Å². The average Bonchev–Trinajstić information content (AvgIpc) is 2.87. The summed E-state index contributed by atoms with van der Waals surface area (Å²) in [6, 6.07) is 10.1. The first-order chi connectivity index (χ1) is 8.84. The van der Waals surface area contributed by atoms with Crippen LogP contribution in [0.5, 0.6) is 5.75 Å². The Hall–Kier alpha value is -0.840. The van der Waals surface area contributed by atoms with Crippen molar-refractivity contribution in [2.75, 3.05) is 19.7 Å². The first kappa shape index (κ1) is 13.6. The average molecular weight is 326 g/mol. The van der Waals surface area contributed by atoms with E-state index in [9.17, 15) is 0 Å². The molecule has 1 aromatic carbocycles. The van der Waals surface area contributed by atoms with Gasteiger partial charge in [-0.15, -0.1) is 0 Å². The van der Waals surface area contributed by atoms with Gasteiger partial charge >= 0.3 is 0 Å². The molecule has 0 aliphatic carbocycles. The van der Waals surface area contributed by atoms with Crippen molar-refractivity contribution in [2.45, 2.75) is 6.42 Å². The van der Waals surface area contributed by atoms with E-state index in [1.54, 1.807) is 11.3 Å². The van der Waals surface area contributed by atoms with E-state index < -0.39 is 0 Å². The van der Waals surface area contributed by atoms with Crippen molar-refractivity contribution in [1.82, 2.24) is 5.32 Å². The summed E-state index contributed by atoms with van der Waals surface area (Å²) >= 11 is 5.17. The first-order valence-electron chi connectivity index (χ1n) is 5.95. The van der Waals surface area contributed by atoms with E-state index in [1.807, 2.05) is 24.3 Å². The fourth-order valence-electron chi connectivity index (χ4n) is 1.59. The van der Waals surface area contributed by atoms with Crippen LogP contribution < -0.4 is 10.1 Å². The molecule has 0 aliphatic heterocycles. The Kier molecular flexibility index (Phi) is 5.71. The smallest absolute Gasteiger partial charge is 0.120 e. The molecule has 2 aromatic rings. The number of rotatable bonds is 7. The molecular formula is C14H16BrNOS. The van der Waals surface area contributed by atoms with Crippen molar-refractivity contribution in [3.8, 4) is 5.75 Å². The Balaban J connectivity index is 1.56. The van der Waals surface area contributed by atoms with Crippen LogP contribution in [0.2, 0.25) is 0 Å². The molecule has 0 saturated carbocycles. The molecule has 0 radical (unpaired) electrons. The SMILES string of the molecule is Brc1cccc(OCCNCCc2ccsc2)c1. The maximum atomic E-state index is 5.63. The molecule has 0 fully saturated rings. The van der Waals surface area contributed by atoms with Gasteiger partial charge in [-0.3, -0.25) is 0 Å². The Morgan fingerprint density at radius 2 is 2.17 bits per heavy atom. The highest BCUT2D eigenvalue weighted by atomic mass is 79.9. The highest BCUT2D eigenvalue weighted by molar-refractivity contribution is 9.10. The van der Waals surface area contributed by atoms with Gasteiger partial charge in [-0.25, -0.2) is 0 Å². The summed E-state index contributed by atoms with van der Waals surface area (Å²) in [4.78, 5) is 0. The van der Waals surface area contributed by atoms with Gasteiger partial charge in [0.2, 0.25) is 0 Å². The molecule has 1 aromatic heterocycles. The molecule has 96 valence electrons. The van der Waals surface area contributed by atoms with Crippen LogP contribution in [0.1, 0.15) is 5.56 Å². The van der Waals surface area contributed by atoms with Crippen LogP contribution >= 0.6 is 27.3 Å². The summed E-state index contributed by atoms with van der Waals surface area (Å²) in [7, 11) is 0. The number of hydrogen-bond acceptors (Lipinski definition) is 3. The van der Waals surface area contributed by atoms with Gasteiger partial charge in [0, 0.05) is 11.0 Å². The summed E-state index contributed by atoms with van der Waals surface area (Å²) in [6.07, 6.45) is 1.08. The maximum absolute atomic E-state index is 5.63. The van der Waals surface area contributed by atoms with E-state index in [0.29, 0.717) is 6.61 Å². The monoisotopic (exact) mass is 325 g/mol. The highest BCUT2D eigenvalue weighted by Gasteiger charge is 1.95. The highest BCUT2D eigenvalue weighted by Crippen LogP contribution is 2.17. The largest absolute Gasteiger partial charge is 0.492 e. The summed E-state index contributed by atoms with van der Waals surface area (Å²) < 4.78 is 6.68. The Labute approximate surface area is 120 Å². The topological polar surface area (TPSA) is 21.3 Å². The molecule has 2 nitrogen and oxygen atoms in total.